The molecular weight excluding hydrogens is 316 g/mol. The van der Waals surface area contributed by atoms with Gasteiger partial charge in [-0.25, -0.2) is 0 Å². The van der Waals surface area contributed by atoms with E-state index in [-0.39, 0.29) is 5.91 Å². The zero-order valence-corrected chi connectivity index (χ0v) is 14.0. The van der Waals surface area contributed by atoms with Crippen LogP contribution in [0.4, 0.5) is 5.69 Å². The molecule has 1 saturated carbocycles. The highest BCUT2D eigenvalue weighted by Gasteiger charge is 2.30. The molecule has 20 heavy (non-hydrogen) atoms. The smallest absolute Gasteiger partial charge is 0.253 e. The number of hydrogen-bond acceptors (Lipinski definition) is 2. The maximum Gasteiger partial charge on any atom is 0.253 e. The fourth-order valence-electron chi connectivity index (χ4n) is 2.88. The van der Waals surface area contributed by atoms with E-state index in [1.807, 2.05) is 18.0 Å². The van der Waals surface area contributed by atoms with Gasteiger partial charge in [-0.05, 0) is 49.3 Å². The molecule has 0 aliphatic heterocycles. The average molecular weight is 339 g/mol. The lowest BCUT2D eigenvalue weighted by Gasteiger charge is -2.38. The van der Waals surface area contributed by atoms with Crippen molar-refractivity contribution in [3.63, 3.8) is 0 Å². The zero-order chi connectivity index (χ0) is 14.9. The highest BCUT2D eigenvalue weighted by molar-refractivity contribution is 9.10. The van der Waals surface area contributed by atoms with Gasteiger partial charge in [-0.15, -0.1) is 0 Å². The highest BCUT2D eigenvalue weighted by atomic mass is 79.9. The van der Waals surface area contributed by atoms with Crippen molar-refractivity contribution in [1.82, 2.24) is 4.90 Å². The number of carbonyl (C=O) groups is 1. The molecular formula is C16H23BrN2O. The molecule has 2 rings (SSSR count). The van der Waals surface area contributed by atoms with Crippen LogP contribution in [0.15, 0.2) is 22.7 Å². The van der Waals surface area contributed by atoms with Crippen LogP contribution in [-0.2, 0) is 0 Å². The fourth-order valence-corrected chi connectivity index (χ4v) is 3.39. The number of nitrogens with two attached hydrogens (primary N) is 1. The molecule has 0 saturated heterocycles. The van der Waals surface area contributed by atoms with E-state index in [2.05, 4.69) is 29.8 Å². The average Bonchev–Trinajstić information content (AvgIpc) is 2.36. The summed E-state index contributed by atoms with van der Waals surface area (Å²) in [6.07, 6.45) is 4.52. The monoisotopic (exact) mass is 338 g/mol. The molecule has 0 bridgehead atoms. The van der Waals surface area contributed by atoms with E-state index in [0.29, 0.717) is 22.7 Å². The van der Waals surface area contributed by atoms with Crippen molar-refractivity contribution in [2.75, 3.05) is 12.8 Å². The summed E-state index contributed by atoms with van der Waals surface area (Å²) in [7, 11) is 1.91. The Morgan fingerprint density at radius 1 is 1.30 bits per heavy atom. The summed E-state index contributed by atoms with van der Waals surface area (Å²) in [6, 6.07) is 5.73. The lowest BCUT2D eigenvalue weighted by molar-refractivity contribution is 0.0635. The van der Waals surface area contributed by atoms with Crippen LogP contribution in [0, 0.1) is 5.41 Å². The van der Waals surface area contributed by atoms with Crippen molar-refractivity contribution < 1.29 is 4.79 Å². The van der Waals surface area contributed by atoms with Gasteiger partial charge in [-0.2, -0.15) is 0 Å². The van der Waals surface area contributed by atoms with Gasteiger partial charge in [0.1, 0.15) is 0 Å². The molecule has 0 aromatic heterocycles. The number of amides is 1. The summed E-state index contributed by atoms with van der Waals surface area (Å²) in [5.41, 5.74) is 7.50. The molecule has 1 aromatic carbocycles. The van der Waals surface area contributed by atoms with Gasteiger partial charge >= 0.3 is 0 Å². The van der Waals surface area contributed by atoms with Crippen molar-refractivity contribution in [1.29, 1.82) is 0 Å². The van der Waals surface area contributed by atoms with Gasteiger partial charge in [0, 0.05) is 28.8 Å². The van der Waals surface area contributed by atoms with Crippen molar-refractivity contribution in [2.24, 2.45) is 5.41 Å². The first-order valence-electron chi connectivity index (χ1n) is 7.12. The molecule has 3 nitrogen and oxygen atoms in total. The van der Waals surface area contributed by atoms with Crippen LogP contribution in [0.3, 0.4) is 0 Å². The van der Waals surface area contributed by atoms with Crippen molar-refractivity contribution >= 4 is 27.5 Å². The largest absolute Gasteiger partial charge is 0.399 e. The molecule has 4 heteroatoms. The van der Waals surface area contributed by atoms with E-state index >= 15 is 0 Å². The Kier molecular flexibility index (Phi) is 4.43. The van der Waals surface area contributed by atoms with E-state index < -0.39 is 0 Å². The standard InChI is InChI=1S/C16H23BrN2O/c1-16(2)6-4-14(5-7-16)19(3)15(20)11-8-12(17)10-13(18)9-11/h8-10,14H,4-7,18H2,1-3H3. The summed E-state index contributed by atoms with van der Waals surface area (Å²) < 4.78 is 0.846. The van der Waals surface area contributed by atoms with Crippen LogP contribution in [0.5, 0.6) is 0 Å². The minimum Gasteiger partial charge on any atom is -0.399 e. The molecule has 1 fully saturated rings. The number of benzene rings is 1. The van der Waals surface area contributed by atoms with Crippen LogP contribution < -0.4 is 5.73 Å². The Hall–Kier alpha value is -1.03. The van der Waals surface area contributed by atoms with Crippen LogP contribution >= 0.6 is 15.9 Å². The molecule has 0 radical (unpaired) electrons. The summed E-state index contributed by atoms with van der Waals surface area (Å²) in [5, 5.41) is 0. The van der Waals surface area contributed by atoms with E-state index in [0.717, 1.165) is 17.3 Å². The third kappa shape index (κ3) is 3.54. The van der Waals surface area contributed by atoms with Crippen molar-refractivity contribution in [3.8, 4) is 0 Å². The Balaban J connectivity index is 2.09. The first-order chi connectivity index (χ1) is 9.28. The number of nitrogen functional groups attached to an aromatic ring is 1. The van der Waals surface area contributed by atoms with Crippen LogP contribution in [0.2, 0.25) is 0 Å². The second-order valence-electron chi connectivity index (χ2n) is 6.58. The molecule has 1 aromatic rings. The normalized spacial score (nSPS) is 18.8. The number of anilines is 1. The van der Waals surface area contributed by atoms with Crippen molar-refractivity contribution in [2.45, 2.75) is 45.6 Å². The molecule has 2 N–H and O–H groups in total. The van der Waals surface area contributed by atoms with E-state index in [9.17, 15) is 4.79 Å². The molecule has 0 heterocycles. The fraction of sp³-hybridized carbons (Fsp3) is 0.562. The molecule has 1 aliphatic carbocycles. The zero-order valence-electron chi connectivity index (χ0n) is 12.4. The number of carbonyl (C=O) groups excluding carboxylic acids is 1. The van der Waals surface area contributed by atoms with Crippen LogP contribution in [0.1, 0.15) is 49.9 Å². The predicted octanol–water partition coefficient (Wildman–Crippen LogP) is 4.07. The predicted molar refractivity (Wildman–Crippen MR) is 86.7 cm³/mol. The maximum absolute atomic E-state index is 12.6. The SMILES string of the molecule is CN(C(=O)c1cc(N)cc(Br)c1)C1CCC(C)(C)CC1. The summed E-state index contributed by atoms with van der Waals surface area (Å²) in [6.45, 7) is 4.61. The second kappa shape index (κ2) is 5.76. The summed E-state index contributed by atoms with van der Waals surface area (Å²) >= 11 is 3.39. The highest BCUT2D eigenvalue weighted by Crippen LogP contribution is 2.37. The Morgan fingerprint density at radius 2 is 1.90 bits per heavy atom. The van der Waals surface area contributed by atoms with Gasteiger partial charge in [0.05, 0.1) is 0 Å². The third-order valence-electron chi connectivity index (χ3n) is 4.34. The molecule has 1 aliphatic rings. The van der Waals surface area contributed by atoms with Gasteiger partial charge in [0.15, 0.2) is 0 Å². The first-order valence-corrected chi connectivity index (χ1v) is 7.91. The Labute approximate surface area is 129 Å². The summed E-state index contributed by atoms with van der Waals surface area (Å²) in [5.74, 6) is 0.0581. The maximum atomic E-state index is 12.6. The van der Waals surface area contributed by atoms with Crippen molar-refractivity contribution in [3.05, 3.63) is 28.2 Å². The van der Waals surface area contributed by atoms with Gasteiger partial charge in [-0.3, -0.25) is 4.79 Å². The molecule has 110 valence electrons. The van der Waals surface area contributed by atoms with Gasteiger partial charge < -0.3 is 10.6 Å². The molecule has 0 spiro atoms. The lowest BCUT2D eigenvalue weighted by Crippen LogP contribution is -2.40. The number of halogens is 1. The number of rotatable bonds is 2. The topological polar surface area (TPSA) is 46.3 Å². The molecule has 1 amide bonds. The minimum absolute atomic E-state index is 0.0581. The van der Waals surface area contributed by atoms with Gasteiger partial charge in [0.2, 0.25) is 0 Å². The van der Waals surface area contributed by atoms with E-state index in [4.69, 9.17) is 5.73 Å². The van der Waals surface area contributed by atoms with E-state index in [1.165, 1.54) is 12.8 Å². The minimum atomic E-state index is 0.0581. The third-order valence-corrected chi connectivity index (χ3v) is 4.80. The van der Waals surface area contributed by atoms with Crippen LogP contribution in [-0.4, -0.2) is 23.9 Å². The van der Waals surface area contributed by atoms with Crippen LogP contribution in [0.25, 0.3) is 0 Å². The second-order valence-corrected chi connectivity index (χ2v) is 7.50. The Bertz CT molecular complexity index is 483. The van der Waals surface area contributed by atoms with Gasteiger partial charge in [0.25, 0.3) is 5.91 Å². The summed E-state index contributed by atoms with van der Waals surface area (Å²) in [4.78, 5) is 14.4. The Morgan fingerprint density at radius 3 is 2.45 bits per heavy atom. The lowest BCUT2D eigenvalue weighted by atomic mass is 9.75. The van der Waals surface area contributed by atoms with E-state index in [1.54, 1.807) is 12.1 Å². The van der Waals surface area contributed by atoms with Gasteiger partial charge in [-0.1, -0.05) is 29.8 Å². The quantitative estimate of drug-likeness (QED) is 0.826. The number of hydrogen-bond donors (Lipinski definition) is 1. The molecule has 0 atom stereocenters. The first kappa shape index (κ1) is 15.4. The molecule has 0 unspecified atom stereocenters. The number of nitrogens with zero attached hydrogens (tertiary/aromatic N) is 1.